The predicted molar refractivity (Wildman–Crippen MR) is 94.1 cm³/mol. The number of urea groups is 1. The van der Waals surface area contributed by atoms with Crippen molar-refractivity contribution in [2.24, 2.45) is 4.99 Å². The van der Waals surface area contributed by atoms with Crippen LogP contribution in [0.3, 0.4) is 0 Å². The van der Waals surface area contributed by atoms with Gasteiger partial charge < -0.3 is 16.0 Å². The first-order valence-electron chi connectivity index (χ1n) is 8.10. The summed E-state index contributed by atoms with van der Waals surface area (Å²) in [5.41, 5.74) is 2.52. The summed E-state index contributed by atoms with van der Waals surface area (Å²) in [6.07, 6.45) is 0. The molecule has 1 fully saturated rings. The van der Waals surface area contributed by atoms with Gasteiger partial charge in [-0.2, -0.15) is 0 Å². The lowest BCUT2D eigenvalue weighted by Gasteiger charge is -2.18. The topological polar surface area (TPSA) is 85.8 Å². The third kappa shape index (κ3) is 4.71. The second kappa shape index (κ2) is 8.33. The molecule has 0 aliphatic carbocycles. The Morgan fingerprint density at radius 2 is 2.17 bits per heavy atom. The molecule has 1 aliphatic rings. The van der Waals surface area contributed by atoms with Crippen LogP contribution in [-0.4, -0.2) is 56.0 Å². The van der Waals surface area contributed by atoms with Gasteiger partial charge in [-0.15, -0.1) is 0 Å². The average molecular weight is 331 g/mol. The van der Waals surface area contributed by atoms with Crippen LogP contribution in [0, 0.1) is 6.92 Å². The highest BCUT2D eigenvalue weighted by atomic mass is 16.2. The lowest BCUT2D eigenvalue weighted by molar-refractivity contribution is -0.124. The Labute approximate surface area is 142 Å². The van der Waals surface area contributed by atoms with E-state index in [1.807, 2.05) is 0 Å². The lowest BCUT2D eigenvalue weighted by atomic mass is 9.99. The highest BCUT2D eigenvalue weighted by Gasteiger charge is 2.27. The molecule has 1 aromatic carbocycles. The Bertz CT molecular complexity index is 613. The second-order valence-corrected chi connectivity index (χ2v) is 5.90. The number of guanidine groups is 1. The van der Waals surface area contributed by atoms with Gasteiger partial charge in [0.25, 0.3) is 0 Å². The number of carbonyl (C=O) groups excluding carboxylic acids is 2. The number of hydrogen-bond donors (Lipinski definition) is 3. The number of aryl methyl sites for hydroxylation is 1. The van der Waals surface area contributed by atoms with E-state index in [9.17, 15) is 9.59 Å². The Morgan fingerprint density at radius 1 is 1.38 bits per heavy atom. The van der Waals surface area contributed by atoms with Gasteiger partial charge >= 0.3 is 6.03 Å². The van der Waals surface area contributed by atoms with Crippen LogP contribution in [-0.2, 0) is 4.79 Å². The first-order valence-corrected chi connectivity index (χ1v) is 8.10. The summed E-state index contributed by atoms with van der Waals surface area (Å²) >= 11 is 0. The SMILES string of the molecule is CN=C(NCCN1C(=O)CNC1=O)NCC(C)c1cccc(C)c1. The number of nitrogens with zero attached hydrogens (tertiary/aromatic N) is 2. The summed E-state index contributed by atoms with van der Waals surface area (Å²) < 4.78 is 0. The molecule has 0 spiro atoms. The number of imide groups is 1. The number of aliphatic imine (C=N–C) groups is 1. The molecule has 3 N–H and O–H groups in total. The molecule has 1 aromatic rings. The summed E-state index contributed by atoms with van der Waals surface area (Å²) in [7, 11) is 1.69. The zero-order valence-electron chi connectivity index (χ0n) is 14.4. The van der Waals surface area contributed by atoms with Crippen LogP contribution < -0.4 is 16.0 Å². The van der Waals surface area contributed by atoms with Gasteiger partial charge in [0, 0.05) is 26.7 Å². The van der Waals surface area contributed by atoms with Crippen LogP contribution >= 0.6 is 0 Å². The monoisotopic (exact) mass is 331 g/mol. The smallest absolute Gasteiger partial charge is 0.324 e. The molecule has 1 saturated heterocycles. The fourth-order valence-corrected chi connectivity index (χ4v) is 2.53. The second-order valence-electron chi connectivity index (χ2n) is 5.90. The molecular formula is C17H25N5O2. The largest absolute Gasteiger partial charge is 0.356 e. The van der Waals surface area contributed by atoms with Gasteiger partial charge in [-0.05, 0) is 18.4 Å². The van der Waals surface area contributed by atoms with Crippen molar-refractivity contribution in [1.82, 2.24) is 20.9 Å². The molecule has 7 heteroatoms. The molecule has 0 bridgehead atoms. The Hall–Kier alpha value is -2.57. The quantitative estimate of drug-likeness (QED) is 0.409. The maximum Gasteiger partial charge on any atom is 0.324 e. The Morgan fingerprint density at radius 3 is 2.79 bits per heavy atom. The maximum atomic E-state index is 11.5. The van der Waals surface area contributed by atoms with E-state index in [1.165, 1.54) is 16.0 Å². The van der Waals surface area contributed by atoms with E-state index in [1.54, 1.807) is 7.05 Å². The molecular weight excluding hydrogens is 306 g/mol. The van der Waals surface area contributed by atoms with Crippen molar-refractivity contribution >= 4 is 17.9 Å². The Kier molecular flexibility index (Phi) is 6.17. The number of benzene rings is 1. The molecule has 2 rings (SSSR count). The van der Waals surface area contributed by atoms with E-state index in [-0.39, 0.29) is 18.5 Å². The van der Waals surface area contributed by atoms with Crippen molar-refractivity contribution in [3.8, 4) is 0 Å². The Balaban J connectivity index is 1.76. The zero-order valence-corrected chi connectivity index (χ0v) is 14.4. The van der Waals surface area contributed by atoms with E-state index in [0.29, 0.717) is 25.0 Å². The summed E-state index contributed by atoms with van der Waals surface area (Å²) in [6.45, 7) is 5.84. The van der Waals surface area contributed by atoms with E-state index in [2.05, 4.69) is 59.1 Å². The molecule has 1 unspecified atom stereocenters. The molecule has 7 nitrogen and oxygen atoms in total. The van der Waals surface area contributed by atoms with Crippen LogP contribution in [0.4, 0.5) is 4.79 Å². The van der Waals surface area contributed by atoms with Gasteiger partial charge in [-0.1, -0.05) is 36.8 Å². The number of carbonyl (C=O) groups is 2. The van der Waals surface area contributed by atoms with Crippen molar-refractivity contribution in [1.29, 1.82) is 0 Å². The highest BCUT2D eigenvalue weighted by molar-refractivity contribution is 6.01. The number of nitrogens with one attached hydrogen (secondary N) is 3. The zero-order chi connectivity index (χ0) is 17.5. The molecule has 24 heavy (non-hydrogen) atoms. The third-order valence-corrected chi connectivity index (χ3v) is 3.98. The molecule has 1 atom stereocenters. The summed E-state index contributed by atoms with van der Waals surface area (Å²) in [5, 5.41) is 8.89. The van der Waals surface area contributed by atoms with Gasteiger partial charge in [0.05, 0.1) is 6.54 Å². The van der Waals surface area contributed by atoms with Crippen LogP contribution in [0.2, 0.25) is 0 Å². The van der Waals surface area contributed by atoms with Crippen molar-refractivity contribution < 1.29 is 9.59 Å². The van der Waals surface area contributed by atoms with Crippen molar-refractivity contribution in [2.75, 3.05) is 33.2 Å². The van der Waals surface area contributed by atoms with Gasteiger partial charge in [-0.25, -0.2) is 4.79 Å². The minimum Gasteiger partial charge on any atom is -0.356 e. The molecule has 0 aromatic heterocycles. The van der Waals surface area contributed by atoms with Crippen LogP contribution in [0.5, 0.6) is 0 Å². The van der Waals surface area contributed by atoms with Crippen LogP contribution in [0.15, 0.2) is 29.3 Å². The summed E-state index contributed by atoms with van der Waals surface area (Å²) in [5.74, 6) is 0.800. The first kappa shape index (κ1) is 17.8. The van der Waals surface area contributed by atoms with Crippen LogP contribution in [0.1, 0.15) is 24.0 Å². The van der Waals surface area contributed by atoms with Gasteiger partial charge in [0.2, 0.25) is 5.91 Å². The first-order chi connectivity index (χ1) is 11.5. The number of amides is 3. The predicted octanol–water partition coefficient (Wildman–Crippen LogP) is 0.815. The van der Waals surface area contributed by atoms with E-state index in [4.69, 9.17) is 0 Å². The molecule has 1 heterocycles. The van der Waals surface area contributed by atoms with Gasteiger partial charge in [0.15, 0.2) is 5.96 Å². The minimum absolute atomic E-state index is 0.0831. The molecule has 0 saturated carbocycles. The molecule has 3 amide bonds. The molecule has 0 radical (unpaired) electrons. The van der Waals surface area contributed by atoms with E-state index in [0.717, 1.165) is 6.54 Å². The van der Waals surface area contributed by atoms with Crippen molar-refractivity contribution in [3.05, 3.63) is 35.4 Å². The van der Waals surface area contributed by atoms with E-state index >= 15 is 0 Å². The minimum atomic E-state index is -0.335. The van der Waals surface area contributed by atoms with Gasteiger partial charge in [0.1, 0.15) is 0 Å². The molecule has 1 aliphatic heterocycles. The maximum absolute atomic E-state index is 11.5. The fraction of sp³-hybridized carbons (Fsp3) is 0.471. The standard InChI is InChI=1S/C17H25N5O2/c1-12-5-4-6-14(9-12)13(2)10-20-16(18-3)19-7-8-22-15(23)11-21-17(22)24/h4-6,9,13H,7-8,10-11H2,1-3H3,(H,21,24)(H2,18,19,20). The highest BCUT2D eigenvalue weighted by Crippen LogP contribution is 2.15. The van der Waals surface area contributed by atoms with Crippen LogP contribution in [0.25, 0.3) is 0 Å². The normalized spacial score (nSPS) is 16.1. The number of hydrogen-bond acceptors (Lipinski definition) is 3. The van der Waals surface area contributed by atoms with E-state index < -0.39 is 0 Å². The summed E-state index contributed by atoms with van der Waals surface area (Å²) in [6, 6.07) is 8.11. The summed E-state index contributed by atoms with van der Waals surface area (Å²) in [4.78, 5) is 28.3. The van der Waals surface area contributed by atoms with Gasteiger partial charge in [-0.3, -0.25) is 14.7 Å². The fourth-order valence-electron chi connectivity index (χ4n) is 2.53. The van der Waals surface area contributed by atoms with Crippen molar-refractivity contribution in [2.45, 2.75) is 19.8 Å². The average Bonchev–Trinajstić information content (AvgIpc) is 2.89. The third-order valence-electron chi connectivity index (χ3n) is 3.98. The van der Waals surface area contributed by atoms with Crippen molar-refractivity contribution in [3.63, 3.8) is 0 Å². The molecule has 130 valence electrons. The number of rotatable bonds is 6. The lowest BCUT2D eigenvalue weighted by Crippen LogP contribution is -2.44.